The van der Waals surface area contributed by atoms with Gasteiger partial charge in [0.15, 0.2) is 0 Å². The summed E-state index contributed by atoms with van der Waals surface area (Å²) in [5, 5.41) is 3.08. The number of carbonyl (C=O) groups is 1. The number of hydrogen-bond acceptors (Lipinski definition) is 3. The number of nitrogens with one attached hydrogen (secondary N) is 1. The molecule has 4 rings (SSSR count). The van der Waals surface area contributed by atoms with Crippen molar-refractivity contribution in [3.63, 3.8) is 0 Å². The molecular weight excluding hydrogens is 376 g/mol. The Balaban J connectivity index is 1.38. The lowest BCUT2D eigenvalue weighted by Gasteiger charge is -2.28. The van der Waals surface area contributed by atoms with Crippen molar-refractivity contribution in [1.29, 1.82) is 0 Å². The molecule has 29 heavy (non-hydrogen) atoms. The summed E-state index contributed by atoms with van der Waals surface area (Å²) in [6.07, 6.45) is 0.757. The van der Waals surface area contributed by atoms with Crippen LogP contribution in [-0.2, 0) is 13.0 Å². The van der Waals surface area contributed by atoms with E-state index in [1.54, 1.807) is 0 Å². The van der Waals surface area contributed by atoms with Gasteiger partial charge in [0, 0.05) is 42.4 Å². The molecule has 0 spiro atoms. The minimum Gasteiger partial charge on any atom is -0.370 e. The van der Waals surface area contributed by atoms with Gasteiger partial charge in [-0.3, -0.25) is 4.79 Å². The molecule has 1 heterocycles. The zero-order chi connectivity index (χ0) is 19.9. The molecule has 4 heteroatoms. The van der Waals surface area contributed by atoms with E-state index in [-0.39, 0.29) is 5.91 Å². The zero-order valence-electron chi connectivity index (χ0n) is 16.5. The van der Waals surface area contributed by atoms with Crippen LogP contribution in [0.4, 0.5) is 5.69 Å². The average molecular weight is 403 g/mol. The average Bonchev–Trinajstić information content (AvgIpc) is 2.79. The van der Waals surface area contributed by atoms with Gasteiger partial charge in [-0.15, -0.1) is 0 Å². The summed E-state index contributed by atoms with van der Waals surface area (Å²) < 4.78 is 0. The molecular formula is C25H26N2OS. The molecule has 1 N–H and O–H groups in total. The Morgan fingerprint density at radius 1 is 0.828 bits per heavy atom. The third-order valence-electron chi connectivity index (χ3n) is 5.27. The minimum atomic E-state index is -0.0198. The second-order valence-corrected chi connectivity index (χ2v) is 8.49. The standard InChI is InChI=1S/C25H26N2OS/c28-25(24-9-5-4-8-22(24)18-20-6-2-1-3-7-20)26-19-21-10-12-23(13-11-21)27-14-16-29-17-15-27/h1-13H,14-19H2,(H,26,28). The topological polar surface area (TPSA) is 32.3 Å². The van der Waals surface area contributed by atoms with Crippen molar-refractivity contribution >= 4 is 23.4 Å². The summed E-state index contributed by atoms with van der Waals surface area (Å²) in [5.41, 5.74) is 5.40. The Bertz CT molecular complexity index is 935. The van der Waals surface area contributed by atoms with Crippen LogP contribution in [0.1, 0.15) is 27.0 Å². The number of thioether (sulfide) groups is 1. The molecule has 0 aliphatic carbocycles. The van der Waals surface area contributed by atoms with Gasteiger partial charge in [0.2, 0.25) is 0 Å². The van der Waals surface area contributed by atoms with E-state index in [4.69, 9.17) is 0 Å². The monoisotopic (exact) mass is 402 g/mol. The van der Waals surface area contributed by atoms with E-state index in [9.17, 15) is 4.79 Å². The van der Waals surface area contributed by atoms with Gasteiger partial charge in [-0.25, -0.2) is 0 Å². The molecule has 1 amide bonds. The first-order valence-corrected chi connectivity index (χ1v) is 11.3. The van der Waals surface area contributed by atoms with E-state index >= 15 is 0 Å². The maximum atomic E-state index is 12.8. The number of nitrogens with zero attached hydrogens (tertiary/aromatic N) is 1. The SMILES string of the molecule is O=C(NCc1ccc(N2CCSCC2)cc1)c1ccccc1Cc1ccccc1. The van der Waals surface area contributed by atoms with E-state index in [1.807, 2.05) is 54.2 Å². The number of hydrogen-bond donors (Lipinski definition) is 1. The summed E-state index contributed by atoms with van der Waals surface area (Å²) >= 11 is 2.02. The van der Waals surface area contributed by atoms with E-state index in [1.165, 1.54) is 22.8 Å². The quantitative estimate of drug-likeness (QED) is 0.645. The first-order chi connectivity index (χ1) is 14.3. The molecule has 3 nitrogen and oxygen atoms in total. The second-order valence-electron chi connectivity index (χ2n) is 7.27. The lowest BCUT2D eigenvalue weighted by molar-refractivity contribution is 0.0950. The van der Waals surface area contributed by atoms with E-state index in [0.717, 1.165) is 36.2 Å². The molecule has 1 saturated heterocycles. The van der Waals surface area contributed by atoms with Crippen molar-refractivity contribution < 1.29 is 4.79 Å². The van der Waals surface area contributed by atoms with Gasteiger partial charge in [0.05, 0.1) is 0 Å². The molecule has 0 radical (unpaired) electrons. The molecule has 0 bridgehead atoms. The predicted molar refractivity (Wildman–Crippen MR) is 123 cm³/mol. The Morgan fingerprint density at radius 3 is 2.28 bits per heavy atom. The molecule has 1 aliphatic rings. The van der Waals surface area contributed by atoms with Crippen LogP contribution >= 0.6 is 11.8 Å². The van der Waals surface area contributed by atoms with Crippen molar-refractivity contribution in [2.75, 3.05) is 29.5 Å². The Kier molecular flexibility index (Phi) is 6.52. The van der Waals surface area contributed by atoms with Gasteiger partial charge in [-0.1, -0.05) is 60.7 Å². The Labute approximate surface area is 177 Å². The first kappa shape index (κ1) is 19.6. The van der Waals surface area contributed by atoms with Crippen LogP contribution in [-0.4, -0.2) is 30.5 Å². The van der Waals surface area contributed by atoms with Crippen molar-refractivity contribution in [2.45, 2.75) is 13.0 Å². The summed E-state index contributed by atoms with van der Waals surface area (Å²) in [5.74, 6) is 2.37. The number of rotatable bonds is 6. The molecule has 148 valence electrons. The van der Waals surface area contributed by atoms with Crippen molar-refractivity contribution in [3.05, 3.63) is 101 Å². The highest BCUT2D eigenvalue weighted by Gasteiger charge is 2.13. The fourth-order valence-corrected chi connectivity index (χ4v) is 4.54. The van der Waals surface area contributed by atoms with Crippen LogP contribution in [0, 0.1) is 0 Å². The predicted octanol–water partition coefficient (Wildman–Crippen LogP) is 4.76. The van der Waals surface area contributed by atoms with Crippen LogP contribution in [0.25, 0.3) is 0 Å². The molecule has 1 aliphatic heterocycles. The highest BCUT2D eigenvalue weighted by molar-refractivity contribution is 7.99. The van der Waals surface area contributed by atoms with Gasteiger partial charge in [-0.2, -0.15) is 11.8 Å². The van der Waals surface area contributed by atoms with Gasteiger partial charge < -0.3 is 10.2 Å². The maximum Gasteiger partial charge on any atom is 0.251 e. The molecule has 3 aromatic rings. The second kappa shape index (κ2) is 9.66. The molecule has 0 unspecified atom stereocenters. The van der Waals surface area contributed by atoms with Crippen LogP contribution < -0.4 is 10.2 Å². The van der Waals surface area contributed by atoms with Gasteiger partial charge in [0.1, 0.15) is 0 Å². The molecule has 1 fully saturated rings. The number of carbonyl (C=O) groups excluding carboxylic acids is 1. The van der Waals surface area contributed by atoms with Gasteiger partial charge in [0.25, 0.3) is 5.91 Å². The summed E-state index contributed by atoms with van der Waals surface area (Å²) in [6, 6.07) is 26.7. The summed E-state index contributed by atoms with van der Waals surface area (Å²) in [7, 11) is 0. The lowest BCUT2D eigenvalue weighted by Crippen LogP contribution is -2.32. The van der Waals surface area contributed by atoms with E-state index < -0.39 is 0 Å². The largest absolute Gasteiger partial charge is 0.370 e. The zero-order valence-corrected chi connectivity index (χ0v) is 17.3. The Hall–Kier alpha value is -2.72. The third kappa shape index (κ3) is 5.21. The highest BCUT2D eigenvalue weighted by Crippen LogP contribution is 2.20. The summed E-state index contributed by atoms with van der Waals surface area (Å²) in [4.78, 5) is 15.3. The van der Waals surface area contributed by atoms with Crippen LogP contribution in [0.15, 0.2) is 78.9 Å². The molecule has 0 saturated carbocycles. The van der Waals surface area contributed by atoms with E-state index in [0.29, 0.717) is 6.54 Å². The maximum absolute atomic E-state index is 12.8. The molecule has 0 atom stereocenters. The van der Waals surface area contributed by atoms with E-state index in [2.05, 4.69) is 46.6 Å². The normalized spacial score (nSPS) is 13.9. The Morgan fingerprint density at radius 2 is 1.52 bits per heavy atom. The van der Waals surface area contributed by atoms with Crippen LogP contribution in [0.2, 0.25) is 0 Å². The molecule has 3 aromatic carbocycles. The number of anilines is 1. The van der Waals surface area contributed by atoms with Crippen molar-refractivity contribution in [1.82, 2.24) is 5.32 Å². The molecule has 0 aromatic heterocycles. The fourth-order valence-electron chi connectivity index (χ4n) is 3.64. The van der Waals surface area contributed by atoms with Crippen molar-refractivity contribution in [3.8, 4) is 0 Å². The lowest BCUT2D eigenvalue weighted by atomic mass is 9.99. The highest BCUT2D eigenvalue weighted by atomic mass is 32.2. The van der Waals surface area contributed by atoms with Gasteiger partial charge in [-0.05, 0) is 41.3 Å². The smallest absolute Gasteiger partial charge is 0.251 e. The van der Waals surface area contributed by atoms with Crippen LogP contribution in [0.3, 0.4) is 0 Å². The van der Waals surface area contributed by atoms with Crippen molar-refractivity contribution in [2.24, 2.45) is 0 Å². The van der Waals surface area contributed by atoms with Gasteiger partial charge >= 0.3 is 0 Å². The minimum absolute atomic E-state index is 0.0198. The summed E-state index contributed by atoms with van der Waals surface area (Å²) in [6.45, 7) is 2.76. The van der Waals surface area contributed by atoms with Crippen LogP contribution in [0.5, 0.6) is 0 Å². The third-order valence-corrected chi connectivity index (χ3v) is 6.21. The first-order valence-electron chi connectivity index (χ1n) is 10.1. The number of benzene rings is 3. The fraction of sp³-hybridized carbons (Fsp3) is 0.240. The number of amides is 1.